The summed E-state index contributed by atoms with van der Waals surface area (Å²) < 4.78 is 13.8. The van der Waals surface area contributed by atoms with Gasteiger partial charge < -0.3 is 14.8 Å². The highest BCUT2D eigenvalue weighted by molar-refractivity contribution is 5.82. The van der Waals surface area contributed by atoms with Gasteiger partial charge in [0.25, 0.3) is 0 Å². The molecule has 0 unspecified atom stereocenters. The molecule has 2 heterocycles. The zero-order chi connectivity index (χ0) is 23.5. The molecule has 0 saturated carbocycles. The van der Waals surface area contributed by atoms with Crippen LogP contribution in [-0.2, 0) is 6.61 Å². The second kappa shape index (κ2) is 9.32. The van der Waals surface area contributed by atoms with E-state index < -0.39 is 0 Å². The molecule has 170 valence electrons. The van der Waals surface area contributed by atoms with Gasteiger partial charge in [-0.2, -0.15) is 0 Å². The van der Waals surface area contributed by atoms with E-state index in [1.807, 2.05) is 60.8 Å². The number of imidazole rings is 1. The summed E-state index contributed by atoms with van der Waals surface area (Å²) in [5.74, 6) is 2.39. The van der Waals surface area contributed by atoms with Crippen molar-refractivity contribution in [1.29, 1.82) is 0 Å². The lowest BCUT2D eigenvalue weighted by molar-refractivity contribution is 0.308. The molecule has 5 aromatic rings. The van der Waals surface area contributed by atoms with Gasteiger partial charge in [-0.25, -0.2) is 4.98 Å². The van der Waals surface area contributed by atoms with Crippen LogP contribution in [0.5, 0.6) is 11.5 Å². The highest BCUT2D eigenvalue weighted by Crippen LogP contribution is 2.36. The predicted molar refractivity (Wildman–Crippen MR) is 137 cm³/mol. The number of aromatic nitrogens is 2. The number of ether oxygens (including phenoxy) is 2. The van der Waals surface area contributed by atoms with Crippen molar-refractivity contribution in [3.05, 3.63) is 108 Å². The first-order valence-corrected chi connectivity index (χ1v) is 11.3. The maximum Gasteiger partial charge on any atom is 0.181 e. The van der Waals surface area contributed by atoms with Crippen molar-refractivity contribution in [2.75, 3.05) is 12.4 Å². The quantitative estimate of drug-likeness (QED) is 0.292. The van der Waals surface area contributed by atoms with Crippen molar-refractivity contribution >= 4 is 17.2 Å². The standard InChI is InChI=1S/C29H27N3O2/c1-20-10-7-11-21(2)26(20)30-29-27(23-14-8-15-24(18-23)33-3)31-28-25(16-9-17-32(28)29)34-19-22-12-5-4-6-13-22/h4-18,30H,19H2,1-3H3. The van der Waals surface area contributed by atoms with E-state index >= 15 is 0 Å². The molecule has 0 radical (unpaired) electrons. The van der Waals surface area contributed by atoms with Gasteiger partial charge in [0, 0.05) is 17.4 Å². The third-order valence-corrected chi connectivity index (χ3v) is 5.92. The molecule has 0 bridgehead atoms. The fourth-order valence-electron chi connectivity index (χ4n) is 4.11. The van der Waals surface area contributed by atoms with Crippen molar-refractivity contribution < 1.29 is 9.47 Å². The van der Waals surface area contributed by atoms with Gasteiger partial charge in [-0.3, -0.25) is 4.40 Å². The summed E-state index contributed by atoms with van der Waals surface area (Å²) in [7, 11) is 1.67. The number of methoxy groups -OCH3 is 1. The lowest BCUT2D eigenvalue weighted by Gasteiger charge is -2.14. The summed E-state index contributed by atoms with van der Waals surface area (Å²) in [6.07, 6.45) is 2.01. The Hall–Kier alpha value is -4.25. The molecule has 0 spiro atoms. The van der Waals surface area contributed by atoms with E-state index in [-0.39, 0.29) is 0 Å². The van der Waals surface area contributed by atoms with Crippen LogP contribution in [0.1, 0.15) is 16.7 Å². The van der Waals surface area contributed by atoms with E-state index in [1.165, 1.54) is 11.1 Å². The van der Waals surface area contributed by atoms with Crippen LogP contribution < -0.4 is 14.8 Å². The summed E-state index contributed by atoms with van der Waals surface area (Å²) in [5, 5.41) is 3.67. The van der Waals surface area contributed by atoms with Gasteiger partial charge in [0.15, 0.2) is 11.4 Å². The molecule has 0 amide bonds. The molecular formula is C29H27N3O2. The van der Waals surface area contributed by atoms with Crippen LogP contribution in [0.2, 0.25) is 0 Å². The molecular weight excluding hydrogens is 422 g/mol. The number of fused-ring (bicyclic) bond motifs is 1. The number of aryl methyl sites for hydroxylation is 2. The fourth-order valence-corrected chi connectivity index (χ4v) is 4.11. The summed E-state index contributed by atoms with van der Waals surface area (Å²) in [6, 6.07) is 28.4. The van der Waals surface area contributed by atoms with Gasteiger partial charge >= 0.3 is 0 Å². The molecule has 0 saturated heterocycles. The van der Waals surface area contributed by atoms with E-state index in [0.29, 0.717) is 6.61 Å². The Kier molecular flexibility index (Phi) is 5.91. The molecule has 5 heteroatoms. The van der Waals surface area contributed by atoms with Crippen molar-refractivity contribution in [3.8, 4) is 22.8 Å². The predicted octanol–water partition coefficient (Wildman–Crippen LogP) is 6.95. The largest absolute Gasteiger partial charge is 0.497 e. The summed E-state index contributed by atoms with van der Waals surface area (Å²) >= 11 is 0. The molecule has 0 atom stereocenters. The molecule has 0 aliphatic carbocycles. The number of anilines is 2. The van der Waals surface area contributed by atoms with Crippen molar-refractivity contribution in [2.24, 2.45) is 0 Å². The average molecular weight is 450 g/mol. The van der Waals surface area contributed by atoms with E-state index in [2.05, 4.69) is 53.9 Å². The van der Waals surface area contributed by atoms with Crippen LogP contribution in [0, 0.1) is 13.8 Å². The van der Waals surface area contributed by atoms with E-state index in [1.54, 1.807) is 7.11 Å². The Morgan fingerprint density at radius 1 is 0.853 bits per heavy atom. The Labute approximate surface area is 199 Å². The number of para-hydroxylation sites is 1. The first kappa shape index (κ1) is 21.6. The number of pyridine rings is 1. The van der Waals surface area contributed by atoms with Gasteiger partial charge in [0.1, 0.15) is 23.9 Å². The van der Waals surface area contributed by atoms with E-state index in [0.717, 1.165) is 45.5 Å². The lowest BCUT2D eigenvalue weighted by Crippen LogP contribution is -2.01. The number of nitrogens with zero attached hydrogens (tertiary/aromatic N) is 2. The van der Waals surface area contributed by atoms with Crippen LogP contribution in [0.15, 0.2) is 91.1 Å². The maximum absolute atomic E-state index is 6.22. The summed E-state index contributed by atoms with van der Waals surface area (Å²) in [5.41, 5.74) is 7.07. The topological polar surface area (TPSA) is 47.8 Å². The Balaban J connectivity index is 1.64. The second-order valence-electron chi connectivity index (χ2n) is 8.27. The molecule has 0 aliphatic rings. The van der Waals surface area contributed by atoms with Crippen molar-refractivity contribution in [2.45, 2.75) is 20.5 Å². The SMILES string of the molecule is COc1cccc(-c2nc3c(OCc4ccccc4)cccn3c2Nc2c(C)cccc2C)c1. The normalized spacial score (nSPS) is 10.9. The summed E-state index contributed by atoms with van der Waals surface area (Å²) in [6.45, 7) is 4.69. The summed E-state index contributed by atoms with van der Waals surface area (Å²) in [4.78, 5) is 5.05. The first-order valence-electron chi connectivity index (χ1n) is 11.3. The molecule has 0 fully saturated rings. The van der Waals surface area contributed by atoms with Crippen LogP contribution in [0.3, 0.4) is 0 Å². The van der Waals surface area contributed by atoms with Crippen molar-refractivity contribution in [1.82, 2.24) is 9.38 Å². The van der Waals surface area contributed by atoms with Crippen LogP contribution >= 0.6 is 0 Å². The smallest absolute Gasteiger partial charge is 0.181 e. The van der Waals surface area contributed by atoms with Gasteiger partial charge in [-0.05, 0) is 54.8 Å². The molecule has 5 nitrogen and oxygen atoms in total. The Morgan fingerprint density at radius 3 is 2.38 bits per heavy atom. The molecule has 34 heavy (non-hydrogen) atoms. The minimum absolute atomic E-state index is 0.474. The Morgan fingerprint density at radius 2 is 1.62 bits per heavy atom. The van der Waals surface area contributed by atoms with Gasteiger partial charge in [-0.15, -0.1) is 0 Å². The third-order valence-electron chi connectivity index (χ3n) is 5.92. The van der Waals surface area contributed by atoms with Crippen molar-refractivity contribution in [3.63, 3.8) is 0 Å². The van der Waals surface area contributed by atoms with Crippen LogP contribution in [0.4, 0.5) is 11.5 Å². The molecule has 3 aromatic carbocycles. The molecule has 5 rings (SSSR count). The number of nitrogens with one attached hydrogen (secondary N) is 1. The minimum atomic E-state index is 0.474. The number of hydrogen-bond acceptors (Lipinski definition) is 4. The van der Waals surface area contributed by atoms with E-state index in [4.69, 9.17) is 14.5 Å². The zero-order valence-electron chi connectivity index (χ0n) is 19.6. The van der Waals surface area contributed by atoms with Gasteiger partial charge in [-0.1, -0.05) is 60.7 Å². The third kappa shape index (κ3) is 4.20. The fraction of sp³-hybridized carbons (Fsp3) is 0.138. The van der Waals surface area contributed by atoms with Crippen LogP contribution in [-0.4, -0.2) is 16.5 Å². The van der Waals surface area contributed by atoms with Gasteiger partial charge in [0.2, 0.25) is 0 Å². The minimum Gasteiger partial charge on any atom is -0.497 e. The highest BCUT2D eigenvalue weighted by atomic mass is 16.5. The average Bonchev–Trinajstić information content (AvgIpc) is 3.24. The molecule has 2 aromatic heterocycles. The zero-order valence-corrected chi connectivity index (χ0v) is 19.6. The number of hydrogen-bond donors (Lipinski definition) is 1. The van der Waals surface area contributed by atoms with Crippen LogP contribution in [0.25, 0.3) is 16.9 Å². The maximum atomic E-state index is 6.22. The first-order chi connectivity index (χ1) is 16.6. The van der Waals surface area contributed by atoms with Gasteiger partial charge in [0.05, 0.1) is 7.11 Å². The molecule has 0 aliphatic heterocycles. The highest BCUT2D eigenvalue weighted by Gasteiger charge is 2.19. The Bertz CT molecular complexity index is 1420. The molecule has 1 N–H and O–H groups in total. The van der Waals surface area contributed by atoms with E-state index in [9.17, 15) is 0 Å². The lowest BCUT2D eigenvalue weighted by atomic mass is 10.1. The number of benzene rings is 3. The number of rotatable bonds is 7. The monoisotopic (exact) mass is 449 g/mol. The second-order valence-corrected chi connectivity index (χ2v) is 8.27.